The van der Waals surface area contributed by atoms with Crippen LogP contribution in [0.4, 0.5) is 0 Å². The van der Waals surface area contributed by atoms with Gasteiger partial charge >= 0.3 is 0 Å². The topological polar surface area (TPSA) is 33.7 Å². The van der Waals surface area contributed by atoms with Gasteiger partial charge in [-0.3, -0.25) is 4.90 Å². The van der Waals surface area contributed by atoms with E-state index < -0.39 is 0 Å². The molecule has 0 aromatic heterocycles. The van der Waals surface area contributed by atoms with Crippen LogP contribution in [0.1, 0.15) is 33.3 Å². The summed E-state index contributed by atoms with van der Waals surface area (Å²) in [6, 6.07) is 6.28. The van der Waals surface area contributed by atoms with Gasteiger partial charge in [-0.05, 0) is 45.4 Å². The minimum atomic E-state index is 0.187. The molecule has 1 N–H and O–H groups in total. The predicted molar refractivity (Wildman–Crippen MR) is 86.1 cm³/mol. The summed E-state index contributed by atoms with van der Waals surface area (Å²) in [5.74, 6) is 1.69. The summed E-state index contributed by atoms with van der Waals surface area (Å²) in [5, 5.41) is 3.55. The molecule has 4 nitrogen and oxygen atoms in total. The molecule has 0 aliphatic carbocycles. The Morgan fingerprint density at radius 2 is 1.86 bits per heavy atom. The molecule has 0 amide bonds. The minimum absolute atomic E-state index is 0.187. The van der Waals surface area contributed by atoms with Crippen molar-refractivity contribution in [1.29, 1.82) is 0 Å². The summed E-state index contributed by atoms with van der Waals surface area (Å²) in [6.45, 7) is 14.0. The van der Waals surface area contributed by atoms with Crippen LogP contribution in [0.2, 0.25) is 0 Å². The normalized spacial score (nSPS) is 18.5. The Kier molecular flexibility index (Phi) is 5.48. The maximum Gasteiger partial charge on any atom is 0.161 e. The summed E-state index contributed by atoms with van der Waals surface area (Å²) in [5.41, 5.74) is 1.46. The molecule has 1 saturated heterocycles. The molecule has 0 atom stereocenters. The SMILES string of the molecule is CCOc1ccc(CN2CCNC(C)(C)C2)cc1OCC. The molecule has 4 heteroatoms. The number of rotatable bonds is 6. The van der Waals surface area contributed by atoms with Crippen LogP contribution in [-0.2, 0) is 6.54 Å². The van der Waals surface area contributed by atoms with E-state index in [1.54, 1.807) is 0 Å². The number of hydrogen-bond acceptors (Lipinski definition) is 4. The van der Waals surface area contributed by atoms with E-state index in [0.29, 0.717) is 13.2 Å². The van der Waals surface area contributed by atoms with E-state index in [-0.39, 0.29) is 5.54 Å². The van der Waals surface area contributed by atoms with Crippen LogP contribution in [0.5, 0.6) is 11.5 Å². The largest absolute Gasteiger partial charge is 0.490 e. The maximum atomic E-state index is 5.70. The van der Waals surface area contributed by atoms with E-state index in [1.807, 2.05) is 19.9 Å². The van der Waals surface area contributed by atoms with Gasteiger partial charge in [0.1, 0.15) is 0 Å². The Morgan fingerprint density at radius 1 is 1.14 bits per heavy atom. The summed E-state index contributed by atoms with van der Waals surface area (Å²) < 4.78 is 11.3. The first-order valence-corrected chi connectivity index (χ1v) is 7.90. The Labute approximate surface area is 128 Å². The quantitative estimate of drug-likeness (QED) is 0.874. The van der Waals surface area contributed by atoms with E-state index in [0.717, 1.165) is 37.7 Å². The molecule has 0 unspecified atom stereocenters. The van der Waals surface area contributed by atoms with Gasteiger partial charge in [-0.15, -0.1) is 0 Å². The fourth-order valence-corrected chi connectivity index (χ4v) is 2.83. The first-order valence-electron chi connectivity index (χ1n) is 7.90. The molecule has 0 saturated carbocycles. The molecular formula is C17H28N2O2. The second-order valence-corrected chi connectivity index (χ2v) is 6.17. The standard InChI is InChI=1S/C17H28N2O2/c1-5-20-15-8-7-14(11-16(15)21-6-2)12-19-10-9-18-17(3,4)13-19/h7-8,11,18H,5-6,9-10,12-13H2,1-4H3. The first kappa shape index (κ1) is 16.1. The zero-order valence-electron chi connectivity index (χ0n) is 13.7. The van der Waals surface area contributed by atoms with Crippen molar-refractivity contribution in [3.8, 4) is 11.5 Å². The van der Waals surface area contributed by atoms with Crippen LogP contribution in [-0.4, -0.2) is 43.3 Å². The zero-order chi connectivity index (χ0) is 15.3. The molecule has 1 heterocycles. The highest BCUT2D eigenvalue weighted by Gasteiger charge is 2.25. The molecule has 2 rings (SSSR count). The molecule has 1 aliphatic heterocycles. The lowest BCUT2D eigenvalue weighted by atomic mass is 10.0. The second kappa shape index (κ2) is 7.14. The Bertz CT molecular complexity index is 460. The van der Waals surface area contributed by atoms with Crippen LogP contribution in [0.3, 0.4) is 0 Å². The molecule has 0 spiro atoms. The van der Waals surface area contributed by atoms with Gasteiger partial charge in [0.2, 0.25) is 0 Å². The molecule has 1 aromatic carbocycles. The Morgan fingerprint density at radius 3 is 2.52 bits per heavy atom. The summed E-state index contributed by atoms with van der Waals surface area (Å²) in [6.07, 6.45) is 0. The maximum absolute atomic E-state index is 5.70. The van der Waals surface area contributed by atoms with Gasteiger partial charge in [0, 0.05) is 31.7 Å². The van der Waals surface area contributed by atoms with E-state index >= 15 is 0 Å². The average molecular weight is 292 g/mol. The molecular weight excluding hydrogens is 264 g/mol. The summed E-state index contributed by atoms with van der Waals surface area (Å²) in [4.78, 5) is 2.49. The number of nitrogens with zero attached hydrogens (tertiary/aromatic N) is 1. The number of nitrogens with one attached hydrogen (secondary N) is 1. The summed E-state index contributed by atoms with van der Waals surface area (Å²) in [7, 11) is 0. The minimum Gasteiger partial charge on any atom is -0.490 e. The molecule has 1 fully saturated rings. The monoisotopic (exact) mass is 292 g/mol. The van der Waals surface area contributed by atoms with Crippen LogP contribution >= 0.6 is 0 Å². The van der Waals surface area contributed by atoms with Crippen molar-refractivity contribution in [1.82, 2.24) is 10.2 Å². The van der Waals surface area contributed by atoms with Gasteiger partial charge in [-0.2, -0.15) is 0 Å². The van der Waals surface area contributed by atoms with Crippen molar-refractivity contribution in [3.63, 3.8) is 0 Å². The second-order valence-electron chi connectivity index (χ2n) is 6.17. The van der Waals surface area contributed by atoms with Crippen LogP contribution in [0, 0.1) is 0 Å². The molecule has 1 aliphatic rings. The molecule has 0 radical (unpaired) electrons. The average Bonchev–Trinajstić information content (AvgIpc) is 2.41. The van der Waals surface area contributed by atoms with Crippen molar-refractivity contribution in [2.75, 3.05) is 32.8 Å². The lowest BCUT2D eigenvalue weighted by Gasteiger charge is -2.39. The van der Waals surface area contributed by atoms with Crippen molar-refractivity contribution in [3.05, 3.63) is 23.8 Å². The molecule has 0 bridgehead atoms. The van der Waals surface area contributed by atoms with Gasteiger partial charge in [0.05, 0.1) is 13.2 Å². The highest BCUT2D eigenvalue weighted by Crippen LogP contribution is 2.29. The van der Waals surface area contributed by atoms with Gasteiger partial charge < -0.3 is 14.8 Å². The number of ether oxygens (including phenoxy) is 2. The van der Waals surface area contributed by atoms with Crippen LogP contribution < -0.4 is 14.8 Å². The van der Waals surface area contributed by atoms with Crippen LogP contribution in [0.25, 0.3) is 0 Å². The van der Waals surface area contributed by atoms with E-state index in [4.69, 9.17) is 9.47 Å². The first-order chi connectivity index (χ1) is 10.0. The van der Waals surface area contributed by atoms with Gasteiger partial charge in [-0.1, -0.05) is 6.07 Å². The highest BCUT2D eigenvalue weighted by molar-refractivity contribution is 5.43. The highest BCUT2D eigenvalue weighted by atomic mass is 16.5. The zero-order valence-corrected chi connectivity index (χ0v) is 13.7. The van der Waals surface area contributed by atoms with Crippen molar-refractivity contribution in [2.45, 2.75) is 39.8 Å². The lowest BCUT2D eigenvalue weighted by molar-refractivity contribution is 0.148. The fraction of sp³-hybridized carbons (Fsp3) is 0.647. The lowest BCUT2D eigenvalue weighted by Crippen LogP contribution is -2.56. The smallest absolute Gasteiger partial charge is 0.161 e. The third-order valence-electron chi connectivity index (χ3n) is 3.66. The van der Waals surface area contributed by atoms with Crippen LogP contribution in [0.15, 0.2) is 18.2 Å². The molecule has 118 valence electrons. The Balaban J connectivity index is 2.07. The fourth-order valence-electron chi connectivity index (χ4n) is 2.83. The van der Waals surface area contributed by atoms with Crippen molar-refractivity contribution in [2.24, 2.45) is 0 Å². The summed E-state index contributed by atoms with van der Waals surface area (Å²) >= 11 is 0. The van der Waals surface area contributed by atoms with E-state index in [9.17, 15) is 0 Å². The number of hydrogen-bond donors (Lipinski definition) is 1. The van der Waals surface area contributed by atoms with E-state index in [2.05, 4.69) is 36.2 Å². The third kappa shape index (κ3) is 4.61. The predicted octanol–water partition coefficient (Wildman–Crippen LogP) is 2.67. The van der Waals surface area contributed by atoms with Gasteiger partial charge in [0.25, 0.3) is 0 Å². The van der Waals surface area contributed by atoms with Gasteiger partial charge in [0.15, 0.2) is 11.5 Å². The molecule has 21 heavy (non-hydrogen) atoms. The van der Waals surface area contributed by atoms with Gasteiger partial charge in [-0.25, -0.2) is 0 Å². The van der Waals surface area contributed by atoms with Crippen molar-refractivity contribution < 1.29 is 9.47 Å². The number of benzene rings is 1. The Hall–Kier alpha value is -1.26. The number of piperazine rings is 1. The van der Waals surface area contributed by atoms with Crippen molar-refractivity contribution >= 4 is 0 Å². The third-order valence-corrected chi connectivity index (χ3v) is 3.66. The van der Waals surface area contributed by atoms with E-state index in [1.165, 1.54) is 5.56 Å². The molecule has 1 aromatic rings.